The van der Waals surface area contributed by atoms with Gasteiger partial charge < -0.3 is 19.9 Å². The molecule has 2 aromatic heterocycles. The van der Waals surface area contributed by atoms with E-state index in [-0.39, 0.29) is 53.8 Å². The van der Waals surface area contributed by atoms with Crippen molar-refractivity contribution in [1.82, 2.24) is 19.5 Å². The molecule has 0 aromatic carbocycles. The Labute approximate surface area is 196 Å². The topological polar surface area (TPSA) is 131 Å². The third-order valence-electron chi connectivity index (χ3n) is 7.37. The van der Waals surface area contributed by atoms with Crippen LogP contribution < -0.4 is 5.73 Å². The minimum atomic E-state index is -1.08. The van der Waals surface area contributed by atoms with Crippen molar-refractivity contribution in [2.75, 3.05) is 12.3 Å². The lowest BCUT2D eigenvalue weighted by Gasteiger charge is -2.30. The summed E-state index contributed by atoms with van der Waals surface area (Å²) < 4.78 is 33.3. The van der Waals surface area contributed by atoms with E-state index < -0.39 is 24.0 Å². The lowest BCUT2D eigenvalue weighted by molar-refractivity contribution is -0.178. The highest BCUT2D eigenvalue weighted by atomic mass is 19.1. The first-order valence-electron chi connectivity index (χ1n) is 12.0. The van der Waals surface area contributed by atoms with Gasteiger partial charge in [0.05, 0.1) is 18.2 Å². The second kappa shape index (κ2) is 9.09. The zero-order valence-corrected chi connectivity index (χ0v) is 19.2. The molecule has 0 bridgehead atoms. The van der Waals surface area contributed by atoms with Crippen molar-refractivity contribution in [1.29, 1.82) is 0 Å². The fraction of sp³-hybridized carbons (Fsp3) is 0.696. The number of carbonyl (C=O) groups is 2. The Morgan fingerprint density at radius 3 is 2.47 bits per heavy atom. The summed E-state index contributed by atoms with van der Waals surface area (Å²) in [5.74, 6) is -0.798. The highest BCUT2D eigenvalue weighted by Crippen LogP contribution is 2.41. The number of nitrogen functional groups attached to an aromatic ring is 1. The minimum absolute atomic E-state index is 0.0560. The number of esters is 2. The average molecular weight is 476 g/mol. The Bertz CT molecular complexity index is 1080. The number of aromatic nitrogens is 4. The Hall–Kier alpha value is -2.82. The zero-order valence-electron chi connectivity index (χ0n) is 19.2. The molecule has 3 atom stereocenters. The van der Waals surface area contributed by atoms with Gasteiger partial charge in [0.15, 0.2) is 17.0 Å². The van der Waals surface area contributed by atoms with E-state index >= 15 is 0 Å². The standard InChI is InChI=1S/C23H30FN5O5/c1-23(11-32-20(30)13-6-2-3-7-13)15(33-21(31)14-8-4-5-9-14)10-16(34-23)29-12-26-17-18(25)27-22(24)28-19(17)29/h12-16H,2-11H2,1H3,(H2,25,27,28)/t15-,16+,23+/m0/s1. The molecule has 0 spiro atoms. The first-order valence-corrected chi connectivity index (χ1v) is 12.0. The predicted octanol–water partition coefficient (Wildman–Crippen LogP) is 3.06. The molecule has 0 amide bonds. The van der Waals surface area contributed by atoms with Crippen molar-refractivity contribution >= 4 is 28.9 Å². The minimum Gasteiger partial charge on any atom is -0.462 e. The Morgan fingerprint density at radius 2 is 1.79 bits per heavy atom. The summed E-state index contributed by atoms with van der Waals surface area (Å²) in [5.41, 5.74) is 5.15. The molecule has 1 aliphatic heterocycles. The SMILES string of the molecule is C[C@]1(COC(=O)C2CCCC2)O[C@@H](n2cnc3c(N)nc(F)nc32)C[C@@H]1OC(=O)C1CCCC1. The molecule has 34 heavy (non-hydrogen) atoms. The number of fused-ring (bicyclic) bond motifs is 1. The van der Waals surface area contributed by atoms with Gasteiger partial charge in [-0.25, -0.2) is 4.98 Å². The summed E-state index contributed by atoms with van der Waals surface area (Å²) in [6.45, 7) is 1.71. The van der Waals surface area contributed by atoms with Crippen LogP contribution in [0.4, 0.5) is 10.2 Å². The van der Waals surface area contributed by atoms with Crippen LogP contribution in [0.3, 0.4) is 0 Å². The second-order valence-electron chi connectivity index (χ2n) is 9.82. The lowest BCUT2D eigenvalue weighted by Crippen LogP contribution is -2.45. The number of rotatable bonds is 6. The molecule has 10 nitrogen and oxygen atoms in total. The van der Waals surface area contributed by atoms with Crippen LogP contribution in [0.25, 0.3) is 11.2 Å². The molecule has 3 heterocycles. The summed E-state index contributed by atoms with van der Waals surface area (Å²) >= 11 is 0. The summed E-state index contributed by atoms with van der Waals surface area (Å²) in [6, 6.07) is 0. The first-order chi connectivity index (χ1) is 16.3. The normalized spacial score (nSPS) is 28.1. The van der Waals surface area contributed by atoms with E-state index in [1.807, 2.05) is 0 Å². The first kappa shape index (κ1) is 22.9. The van der Waals surface area contributed by atoms with Crippen molar-refractivity contribution in [2.45, 2.75) is 82.6 Å². The number of carbonyl (C=O) groups excluding carboxylic acids is 2. The van der Waals surface area contributed by atoms with E-state index in [1.54, 1.807) is 11.5 Å². The van der Waals surface area contributed by atoms with Gasteiger partial charge in [0, 0.05) is 6.42 Å². The van der Waals surface area contributed by atoms with Gasteiger partial charge in [-0.15, -0.1) is 0 Å². The van der Waals surface area contributed by atoms with Crippen LogP contribution in [-0.4, -0.2) is 49.8 Å². The van der Waals surface area contributed by atoms with E-state index in [4.69, 9.17) is 19.9 Å². The van der Waals surface area contributed by atoms with Crippen LogP contribution in [0.15, 0.2) is 6.33 Å². The van der Waals surface area contributed by atoms with E-state index in [9.17, 15) is 14.0 Å². The molecule has 3 fully saturated rings. The van der Waals surface area contributed by atoms with Crippen LogP contribution in [-0.2, 0) is 23.8 Å². The Balaban J connectivity index is 1.38. The third-order valence-corrected chi connectivity index (χ3v) is 7.37. The van der Waals surface area contributed by atoms with E-state index in [1.165, 1.54) is 6.33 Å². The van der Waals surface area contributed by atoms with E-state index in [0.29, 0.717) is 0 Å². The third kappa shape index (κ3) is 4.33. The van der Waals surface area contributed by atoms with Gasteiger partial charge in [0.25, 0.3) is 0 Å². The number of anilines is 1. The maximum atomic E-state index is 13.9. The summed E-state index contributed by atoms with van der Waals surface area (Å²) in [4.78, 5) is 37.0. The van der Waals surface area contributed by atoms with Crippen LogP contribution in [0.5, 0.6) is 0 Å². The number of imidazole rings is 1. The van der Waals surface area contributed by atoms with Gasteiger partial charge in [0.2, 0.25) is 0 Å². The molecular weight excluding hydrogens is 445 g/mol. The number of nitrogens with two attached hydrogens (primary N) is 1. The van der Waals surface area contributed by atoms with Gasteiger partial charge in [-0.05, 0) is 32.6 Å². The van der Waals surface area contributed by atoms with E-state index in [0.717, 1.165) is 51.4 Å². The molecule has 0 unspecified atom stereocenters. The molecule has 5 rings (SSSR count). The number of hydrogen-bond donors (Lipinski definition) is 1. The molecular formula is C23H30FN5O5. The van der Waals surface area contributed by atoms with Gasteiger partial charge in [-0.2, -0.15) is 14.4 Å². The fourth-order valence-corrected chi connectivity index (χ4v) is 5.35. The van der Waals surface area contributed by atoms with E-state index in [2.05, 4.69) is 15.0 Å². The van der Waals surface area contributed by atoms with Crippen LogP contribution in [0, 0.1) is 17.9 Å². The summed E-state index contributed by atoms with van der Waals surface area (Å²) in [7, 11) is 0. The van der Waals surface area contributed by atoms with Crippen LogP contribution in [0.1, 0.15) is 70.9 Å². The van der Waals surface area contributed by atoms with Crippen LogP contribution >= 0.6 is 0 Å². The molecule has 3 aliphatic rings. The average Bonchev–Trinajstić information content (AvgIpc) is 3.59. The molecule has 2 aromatic rings. The zero-order chi connectivity index (χ0) is 23.9. The van der Waals surface area contributed by atoms with Gasteiger partial charge >= 0.3 is 18.0 Å². The second-order valence-corrected chi connectivity index (χ2v) is 9.82. The molecule has 0 radical (unpaired) electrons. The van der Waals surface area contributed by atoms with Crippen molar-refractivity contribution in [3.05, 3.63) is 12.4 Å². The van der Waals surface area contributed by atoms with Gasteiger partial charge in [-0.3, -0.25) is 14.2 Å². The summed E-state index contributed by atoms with van der Waals surface area (Å²) in [6.07, 6.45) is 6.75. The molecule has 2 saturated carbocycles. The number of nitrogens with zero attached hydrogens (tertiary/aromatic N) is 4. The highest BCUT2D eigenvalue weighted by Gasteiger charge is 2.50. The largest absolute Gasteiger partial charge is 0.462 e. The molecule has 1 saturated heterocycles. The molecule has 184 valence electrons. The maximum Gasteiger partial charge on any atom is 0.312 e. The smallest absolute Gasteiger partial charge is 0.312 e. The molecule has 11 heteroatoms. The summed E-state index contributed by atoms with van der Waals surface area (Å²) in [5, 5.41) is 0. The number of ether oxygens (including phenoxy) is 3. The van der Waals surface area contributed by atoms with Crippen molar-refractivity contribution in [3.63, 3.8) is 0 Å². The monoisotopic (exact) mass is 475 g/mol. The van der Waals surface area contributed by atoms with Crippen molar-refractivity contribution in [3.8, 4) is 0 Å². The quantitative estimate of drug-likeness (QED) is 0.494. The van der Waals surface area contributed by atoms with Gasteiger partial charge in [0.1, 0.15) is 24.5 Å². The number of halogens is 1. The molecule has 2 aliphatic carbocycles. The van der Waals surface area contributed by atoms with Crippen molar-refractivity contribution in [2.24, 2.45) is 11.8 Å². The fourth-order valence-electron chi connectivity index (χ4n) is 5.35. The highest BCUT2D eigenvalue weighted by molar-refractivity contribution is 5.81. The van der Waals surface area contributed by atoms with Gasteiger partial charge in [-0.1, -0.05) is 25.7 Å². The lowest BCUT2D eigenvalue weighted by atomic mass is 9.99. The Morgan fingerprint density at radius 1 is 1.15 bits per heavy atom. The predicted molar refractivity (Wildman–Crippen MR) is 118 cm³/mol. The molecule has 2 N–H and O–H groups in total. The maximum absolute atomic E-state index is 13.9. The van der Waals surface area contributed by atoms with Crippen LogP contribution in [0.2, 0.25) is 0 Å². The number of hydrogen-bond acceptors (Lipinski definition) is 9. The van der Waals surface area contributed by atoms with Crippen molar-refractivity contribution < 1.29 is 28.2 Å². The Kier molecular flexibility index (Phi) is 6.13.